The first-order chi connectivity index (χ1) is 17.9. The molecule has 1 aliphatic rings. The van der Waals surface area contributed by atoms with Crippen LogP contribution in [0.4, 0.5) is 11.4 Å². The Bertz CT molecular complexity index is 1460. The van der Waals surface area contributed by atoms with E-state index in [9.17, 15) is 24.8 Å². The van der Waals surface area contributed by atoms with Crippen molar-refractivity contribution < 1.29 is 19.6 Å². The number of benzene rings is 4. The van der Waals surface area contributed by atoms with Gasteiger partial charge in [0.25, 0.3) is 11.6 Å². The lowest BCUT2D eigenvalue weighted by Gasteiger charge is -2.46. The zero-order chi connectivity index (χ0) is 25.9. The summed E-state index contributed by atoms with van der Waals surface area (Å²) in [5, 5.41) is 20.9. The molecule has 1 heterocycles. The predicted molar refractivity (Wildman–Crippen MR) is 138 cm³/mol. The van der Waals surface area contributed by atoms with E-state index >= 15 is 0 Å². The largest absolute Gasteiger partial charge is 0.478 e. The van der Waals surface area contributed by atoms with E-state index in [1.165, 1.54) is 24.3 Å². The van der Waals surface area contributed by atoms with Crippen LogP contribution in [0.25, 0.3) is 0 Å². The molecule has 8 heteroatoms. The Morgan fingerprint density at radius 3 is 1.92 bits per heavy atom. The number of amides is 1. The molecule has 4 aromatic carbocycles. The van der Waals surface area contributed by atoms with Crippen LogP contribution in [0.5, 0.6) is 0 Å². The van der Waals surface area contributed by atoms with Crippen molar-refractivity contribution >= 4 is 23.3 Å². The van der Waals surface area contributed by atoms with Gasteiger partial charge in [-0.1, -0.05) is 72.8 Å². The van der Waals surface area contributed by atoms with Crippen molar-refractivity contribution in [2.45, 2.75) is 19.3 Å². The van der Waals surface area contributed by atoms with E-state index in [0.29, 0.717) is 12.2 Å². The van der Waals surface area contributed by atoms with Crippen LogP contribution >= 0.6 is 0 Å². The molecule has 184 valence electrons. The maximum Gasteiger partial charge on any atom is 0.335 e. The maximum absolute atomic E-state index is 13.9. The Balaban J connectivity index is 1.69. The highest BCUT2D eigenvalue weighted by Gasteiger charge is 2.39. The van der Waals surface area contributed by atoms with E-state index < -0.39 is 17.1 Å². The highest BCUT2D eigenvalue weighted by atomic mass is 16.6. The SMILES string of the molecule is O=C(O)c1ccc([C@@H]2N(Cc3ccccc3)C(=O)c3cc([N+](=O)[O-])ccc3N2Cc2ccccc2)cc1. The number of nitrogens with zero attached hydrogens (tertiary/aromatic N) is 3. The minimum absolute atomic E-state index is 0.145. The second-order valence-electron chi connectivity index (χ2n) is 8.79. The third-order valence-electron chi connectivity index (χ3n) is 6.43. The summed E-state index contributed by atoms with van der Waals surface area (Å²) in [5.41, 5.74) is 3.44. The van der Waals surface area contributed by atoms with E-state index in [4.69, 9.17) is 0 Å². The van der Waals surface area contributed by atoms with Gasteiger partial charge in [-0.3, -0.25) is 14.9 Å². The Labute approximate surface area is 213 Å². The lowest BCUT2D eigenvalue weighted by atomic mass is 9.98. The summed E-state index contributed by atoms with van der Waals surface area (Å²) in [4.78, 5) is 40.1. The standard InChI is InChI=1S/C29H23N3O5/c33-28-25-17-24(32(36)37)15-16-26(25)30(18-20-7-3-1-4-8-20)27(22-11-13-23(14-12-22)29(34)35)31(28)19-21-9-5-2-6-10-21/h1-17,27H,18-19H2,(H,34,35)/t27-/m0/s1. The van der Waals surface area contributed by atoms with Gasteiger partial charge in [-0.05, 0) is 34.9 Å². The van der Waals surface area contributed by atoms with Crippen molar-refractivity contribution in [3.05, 3.63) is 141 Å². The van der Waals surface area contributed by atoms with Crippen molar-refractivity contribution in [3.63, 3.8) is 0 Å². The maximum atomic E-state index is 13.9. The number of nitro groups is 1. The molecule has 0 unspecified atom stereocenters. The molecular weight excluding hydrogens is 470 g/mol. The minimum atomic E-state index is -1.04. The molecule has 5 rings (SSSR count). The number of carboxylic acids is 1. The van der Waals surface area contributed by atoms with E-state index in [1.807, 2.05) is 65.6 Å². The third kappa shape index (κ3) is 4.77. The van der Waals surface area contributed by atoms with Gasteiger partial charge in [0.15, 0.2) is 0 Å². The summed E-state index contributed by atoms with van der Waals surface area (Å²) >= 11 is 0. The van der Waals surface area contributed by atoms with E-state index in [1.54, 1.807) is 23.1 Å². The molecule has 1 aliphatic heterocycles. The fraction of sp³-hybridized carbons (Fsp3) is 0.103. The average Bonchev–Trinajstić information content (AvgIpc) is 2.92. The zero-order valence-electron chi connectivity index (χ0n) is 19.7. The van der Waals surface area contributed by atoms with Crippen LogP contribution < -0.4 is 4.90 Å². The first-order valence-electron chi connectivity index (χ1n) is 11.7. The quantitative estimate of drug-likeness (QED) is 0.263. The molecule has 0 saturated carbocycles. The lowest BCUT2D eigenvalue weighted by molar-refractivity contribution is -0.384. The molecule has 1 atom stereocenters. The first-order valence-corrected chi connectivity index (χ1v) is 11.7. The Morgan fingerprint density at radius 2 is 1.38 bits per heavy atom. The number of carbonyl (C=O) groups is 2. The summed E-state index contributed by atoms with van der Waals surface area (Å²) in [7, 11) is 0. The molecule has 0 radical (unpaired) electrons. The van der Waals surface area contributed by atoms with Crippen molar-refractivity contribution in [1.29, 1.82) is 0 Å². The third-order valence-corrected chi connectivity index (χ3v) is 6.43. The summed E-state index contributed by atoms with van der Waals surface area (Å²) < 4.78 is 0. The van der Waals surface area contributed by atoms with Gasteiger partial charge >= 0.3 is 5.97 Å². The molecular formula is C29H23N3O5. The van der Waals surface area contributed by atoms with Crippen molar-refractivity contribution in [3.8, 4) is 0 Å². The number of nitro benzene ring substituents is 1. The molecule has 1 amide bonds. The van der Waals surface area contributed by atoms with Crippen LogP contribution in [0.3, 0.4) is 0 Å². The normalized spacial score (nSPS) is 14.8. The molecule has 1 N–H and O–H groups in total. The topological polar surface area (TPSA) is 104 Å². The Kier molecular flexibility index (Phi) is 6.38. The number of carbonyl (C=O) groups excluding carboxylic acids is 1. The van der Waals surface area contributed by atoms with Crippen LogP contribution in [0.2, 0.25) is 0 Å². The van der Waals surface area contributed by atoms with Gasteiger partial charge in [0.1, 0.15) is 6.17 Å². The number of non-ortho nitro benzene ring substituents is 1. The van der Waals surface area contributed by atoms with Gasteiger partial charge in [0.05, 0.1) is 21.7 Å². The minimum Gasteiger partial charge on any atom is -0.478 e. The summed E-state index contributed by atoms with van der Waals surface area (Å²) in [6, 6.07) is 30.1. The van der Waals surface area contributed by atoms with Crippen LogP contribution in [0.1, 0.15) is 43.6 Å². The molecule has 37 heavy (non-hydrogen) atoms. The number of rotatable bonds is 7. The van der Waals surface area contributed by atoms with Gasteiger partial charge in [0, 0.05) is 25.2 Å². The second-order valence-corrected chi connectivity index (χ2v) is 8.79. The molecule has 0 aliphatic carbocycles. The van der Waals surface area contributed by atoms with Crippen molar-refractivity contribution in [2.75, 3.05) is 4.90 Å². The molecule has 4 aromatic rings. The van der Waals surface area contributed by atoms with Gasteiger partial charge in [0.2, 0.25) is 0 Å². The summed E-state index contributed by atoms with van der Waals surface area (Å²) in [6.07, 6.45) is -0.579. The van der Waals surface area contributed by atoms with Crippen molar-refractivity contribution in [1.82, 2.24) is 4.90 Å². The molecule has 0 aromatic heterocycles. The Morgan fingerprint density at radius 1 is 0.811 bits per heavy atom. The van der Waals surface area contributed by atoms with Crippen LogP contribution in [0.15, 0.2) is 103 Å². The highest BCUT2D eigenvalue weighted by molar-refractivity contribution is 6.02. The van der Waals surface area contributed by atoms with Crippen LogP contribution in [-0.4, -0.2) is 26.8 Å². The highest BCUT2D eigenvalue weighted by Crippen LogP contribution is 2.42. The van der Waals surface area contributed by atoms with Gasteiger partial charge in [-0.2, -0.15) is 0 Å². The van der Waals surface area contributed by atoms with Crippen LogP contribution in [-0.2, 0) is 13.1 Å². The van der Waals surface area contributed by atoms with Gasteiger partial charge in [-0.15, -0.1) is 0 Å². The smallest absolute Gasteiger partial charge is 0.335 e. The molecule has 0 fully saturated rings. The summed E-state index contributed by atoms with van der Waals surface area (Å²) in [5.74, 6) is -1.37. The number of anilines is 1. The van der Waals surface area contributed by atoms with Gasteiger partial charge in [-0.25, -0.2) is 4.79 Å². The number of hydrogen-bond donors (Lipinski definition) is 1. The predicted octanol–water partition coefficient (Wildman–Crippen LogP) is 5.65. The van der Waals surface area contributed by atoms with E-state index in [0.717, 1.165) is 16.7 Å². The van der Waals surface area contributed by atoms with E-state index in [-0.39, 0.29) is 29.3 Å². The summed E-state index contributed by atoms with van der Waals surface area (Å²) in [6.45, 7) is 0.689. The molecule has 0 saturated heterocycles. The number of aromatic carboxylic acids is 1. The Hall–Kier alpha value is -4.98. The van der Waals surface area contributed by atoms with Crippen LogP contribution in [0, 0.1) is 10.1 Å². The lowest BCUT2D eigenvalue weighted by Crippen LogP contribution is -2.48. The molecule has 0 bridgehead atoms. The average molecular weight is 494 g/mol. The fourth-order valence-corrected chi connectivity index (χ4v) is 4.67. The molecule has 8 nitrogen and oxygen atoms in total. The monoisotopic (exact) mass is 493 g/mol. The molecule has 0 spiro atoms. The first kappa shape index (κ1) is 23.7. The van der Waals surface area contributed by atoms with E-state index in [2.05, 4.69) is 0 Å². The zero-order valence-corrected chi connectivity index (χ0v) is 19.7. The fourth-order valence-electron chi connectivity index (χ4n) is 4.67. The number of carboxylic acid groups (broad SMARTS) is 1. The van der Waals surface area contributed by atoms with Gasteiger partial charge < -0.3 is 14.9 Å². The second kappa shape index (κ2) is 9.94. The number of fused-ring (bicyclic) bond motifs is 1. The van der Waals surface area contributed by atoms with Crippen molar-refractivity contribution in [2.24, 2.45) is 0 Å². The number of hydrogen-bond acceptors (Lipinski definition) is 5.